The lowest BCUT2D eigenvalue weighted by molar-refractivity contribution is 0.00322. The largest absolute Gasteiger partial charge is 0.493 e. The molecule has 1 fully saturated rings. The molecule has 2 heterocycles. The number of nitrogens with zero attached hydrogens (tertiary/aromatic N) is 2. The summed E-state index contributed by atoms with van der Waals surface area (Å²) in [5, 5.41) is 15.3. The lowest BCUT2D eigenvalue weighted by Crippen LogP contribution is -2.30. The van der Waals surface area contributed by atoms with Crippen molar-refractivity contribution in [2.45, 2.75) is 44.8 Å². The number of hydrogen-bond donors (Lipinski definition) is 1. The Balaban J connectivity index is 2.43. The molecule has 0 spiro atoms. The summed E-state index contributed by atoms with van der Waals surface area (Å²) >= 11 is 0. The van der Waals surface area contributed by atoms with E-state index in [1.807, 2.05) is 18.5 Å². The van der Waals surface area contributed by atoms with Crippen molar-refractivity contribution >= 4 is 0 Å². The lowest BCUT2D eigenvalue weighted by Gasteiger charge is -2.28. The van der Waals surface area contributed by atoms with Crippen LogP contribution in [0.5, 0.6) is 5.75 Å². The minimum atomic E-state index is -0.900. The van der Waals surface area contributed by atoms with Crippen molar-refractivity contribution in [1.82, 2.24) is 9.78 Å². The van der Waals surface area contributed by atoms with Crippen LogP contribution in [0.3, 0.4) is 0 Å². The molecular weight excluding hydrogens is 232 g/mol. The summed E-state index contributed by atoms with van der Waals surface area (Å²) in [4.78, 5) is 0. The van der Waals surface area contributed by atoms with Crippen LogP contribution >= 0.6 is 0 Å². The Hall–Kier alpha value is -1.07. The summed E-state index contributed by atoms with van der Waals surface area (Å²) in [5.74, 6) is 0.660. The van der Waals surface area contributed by atoms with Crippen LogP contribution in [0.4, 0.5) is 0 Å². The van der Waals surface area contributed by atoms with E-state index < -0.39 is 5.60 Å². The first-order valence-electron chi connectivity index (χ1n) is 6.50. The van der Waals surface area contributed by atoms with Crippen LogP contribution in [0, 0.1) is 0 Å². The van der Waals surface area contributed by atoms with Crippen LogP contribution in [0.15, 0.2) is 6.20 Å². The van der Waals surface area contributed by atoms with Crippen molar-refractivity contribution in [3.05, 3.63) is 11.9 Å². The van der Waals surface area contributed by atoms with Crippen molar-refractivity contribution in [1.29, 1.82) is 0 Å². The highest BCUT2D eigenvalue weighted by Gasteiger charge is 2.37. The molecule has 0 aromatic carbocycles. The smallest absolute Gasteiger partial charge is 0.162 e. The molecule has 2 rings (SSSR count). The molecule has 0 aliphatic carbocycles. The normalized spacial score (nSPS) is 25.2. The van der Waals surface area contributed by atoms with Gasteiger partial charge in [0.25, 0.3) is 0 Å². The fourth-order valence-corrected chi connectivity index (χ4v) is 2.50. The van der Waals surface area contributed by atoms with Gasteiger partial charge in [-0.1, -0.05) is 0 Å². The molecule has 1 atom stereocenters. The van der Waals surface area contributed by atoms with Gasteiger partial charge >= 0.3 is 0 Å². The summed E-state index contributed by atoms with van der Waals surface area (Å²) in [7, 11) is 1.61. The molecule has 0 bridgehead atoms. The van der Waals surface area contributed by atoms with E-state index in [2.05, 4.69) is 5.10 Å². The lowest BCUT2D eigenvalue weighted by atomic mass is 9.90. The molecular formula is C13H22N2O3. The van der Waals surface area contributed by atoms with Gasteiger partial charge in [-0.25, -0.2) is 0 Å². The second-order valence-corrected chi connectivity index (χ2v) is 5.10. The molecule has 0 saturated carbocycles. The Morgan fingerprint density at radius 3 is 2.89 bits per heavy atom. The highest BCUT2D eigenvalue weighted by atomic mass is 16.5. The monoisotopic (exact) mass is 254 g/mol. The van der Waals surface area contributed by atoms with E-state index in [0.29, 0.717) is 31.8 Å². The maximum atomic E-state index is 10.9. The van der Waals surface area contributed by atoms with E-state index in [1.54, 1.807) is 13.3 Å². The zero-order valence-corrected chi connectivity index (χ0v) is 11.3. The highest BCUT2D eigenvalue weighted by molar-refractivity contribution is 5.31. The minimum absolute atomic E-state index is 0.192. The van der Waals surface area contributed by atoms with Gasteiger partial charge in [0.1, 0.15) is 11.3 Å². The van der Waals surface area contributed by atoms with Gasteiger partial charge in [0, 0.05) is 25.7 Å². The zero-order chi connectivity index (χ0) is 13.2. The van der Waals surface area contributed by atoms with E-state index in [-0.39, 0.29) is 6.04 Å². The summed E-state index contributed by atoms with van der Waals surface area (Å²) in [6, 6.07) is 0.192. The average Bonchev–Trinajstić information content (AvgIpc) is 2.67. The van der Waals surface area contributed by atoms with E-state index in [1.165, 1.54) is 0 Å². The molecule has 0 radical (unpaired) electrons. The van der Waals surface area contributed by atoms with Crippen molar-refractivity contribution in [3.63, 3.8) is 0 Å². The van der Waals surface area contributed by atoms with Gasteiger partial charge in [0.2, 0.25) is 0 Å². The van der Waals surface area contributed by atoms with Crippen molar-refractivity contribution < 1.29 is 14.6 Å². The molecule has 1 aliphatic heterocycles. The fourth-order valence-electron chi connectivity index (χ4n) is 2.50. The molecule has 102 valence electrons. The van der Waals surface area contributed by atoms with Gasteiger partial charge in [-0.2, -0.15) is 5.10 Å². The SMILES string of the molecule is COc1cnn(C(C)C)c1C1(O)CCCOCC1. The number of rotatable bonds is 3. The molecule has 5 heteroatoms. The Morgan fingerprint density at radius 1 is 1.44 bits per heavy atom. The zero-order valence-electron chi connectivity index (χ0n) is 11.3. The summed E-state index contributed by atoms with van der Waals surface area (Å²) in [6.45, 7) is 5.38. The first-order chi connectivity index (χ1) is 8.58. The molecule has 1 aromatic rings. The third kappa shape index (κ3) is 2.37. The van der Waals surface area contributed by atoms with Gasteiger partial charge < -0.3 is 14.6 Å². The van der Waals surface area contributed by atoms with Crippen molar-refractivity contribution in [2.75, 3.05) is 20.3 Å². The third-order valence-electron chi connectivity index (χ3n) is 3.45. The number of aliphatic hydroxyl groups is 1. The quantitative estimate of drug-likeness (QED) is 0.894. The Labute approximate surface area is 108 Å². The van der Waals surface area contributed by atoms with Crippen LogP contribution < -0.4 is 4.74 Å². The van der Waals surface area contributed by atoms with E-state index >= 15 is 0 Å². The van der Waals surface area contributed by atoms with Gasteiger partial charge in [-0.15, -0.1) is 0 Å². The summed E-state index contributed by atoms with van der Waals surface area (Å²) in [5.41, 5.74) is -0.117. The van der Waals surface area contributed by atoms with Gasteiger partial charge in [-0.05, 0) is 26.7 Å². The van der Waals surface area contributed by atoms with Crippen molar-refractivity contribution in [2.24, 2.45) is 0 Å². The second kappa shape index (κ2) is 5.28. The van der Waals surface area contributed by atoms with Crippen LogP contribution in [0.25, 0.3) is 0 Å². The fraction of sp³-hybridized carbons (Fsp3) is 0.769. The predicted molar refractivity (Wildman–Crippen MR) is 67.7 cm³/mol. The summed E-state index contributed by atoms with van der Waals surface area (Å²) in [6.07, 6.45) is 3.80. The van der Waals surface area contributed by atoms with E-state index in [9.17, 15) is 5.11 Å². The first kappa shape index (κ1) is 13.4. The maximum absolute atomic E-state index is 10.9. The van der Waals surface area contributed by atoms with Crippen LogP contribution in [-0.4, -0.2) is 35.2 Å². The van der Waals surface area contributed by atoms with Crippen LogP contribution in [-0.2, 0) is 10.3 Å². The molecule has 1 saturated heterocycles. The Morgan fingerprint density at radius 2 is 2.22 bits per heavy atom. The highest BCUT2D eigenvalue weighted by Crippen LogP contribution is 2.38. The van der Waals surface area contributed by atoms with Gasteiger partial charge in [0.05, 0.1) is 13.3 Å². The first-order valence-corrected chi connectivity index (χ1v) is 6.50. The van der Waals surface area contributed by atoms with Crippen LogP contribution in [0.1, 0.15) is 44.8 Å². The Kier molecular flexibility index (Phi) is 3.92. The molecule has 1 aromatic heterocycles. The predicted octanol–water partition coefficient (Wildman–Crippen LogP) is 1.86. The van der Waals surface area contributed by atoms with Crippen molar-refractivity contribution in [3.8, 4) is 5.75 Å². The average molecular weight is 254 g/mol. The molecule has 18 heavy (non-hydrogen) atoms. The number of methoxy groups -OCH3 is 1. The van der Waals surface area contributed by atoms with E-state index in [0.717, 1.165) is 12.1 Å². The minimum Gasteiger partial charge on any atom is -0.493 e. The number of ether oxygens (including phenoxy) is 2. The third-order valence-corrected chi connectivity index (χ3v) is 3.45. The van der Waals surface area contributed by atoms with Crippen LogP contribution in [0.2, 0.25) is 0 Å². The van der Waals surface area contributed by atoms with E-state index in [4.69, 9.17) is 9.47 Å². The molecule has 1 aliphatic rings. The number of hydrogen-bond acceptors (Lipinski definition) is 4. The topological polar surface area (TPSA) is 56.5 Å². The molecule has 1 unspecified atom stereocenters. The van der Waals surface area contributed by atoms with Gasteiger partial charge in [0.15, 0.2) is 5.75 Å². The molecule has 1 N–H and O–H groups in total. The standard InChI is InChI=1S/C13H22N2O3/c1-10(2)15-12(11(17-3)9-14-15)13(16)5-4-7-18-8-6-13/h9-10,16H,4-8H2,1-3H3. The molecule has 5 nitrogen and oxygen atoms in total. The Bertz CT molecular complexity index is 393. The molecule has 0 amide bonds. The second-order valence-electron chi connectivity index (χ2n) is 5.10. The maximum Gasteiger partial charge on any atom is 0.162 e. The number of aromatic nitrogens is 2. The van der Waals surface area contributed by atoms with Gasteiger partial charge in [-0.3, -0.25) is 4.68 Å². The summed E-state index contributed by atoms with van der Waals surface area (Å²) < 4.78 is 12.6.